The van der Waals surface area contributed by atoms with Crippen molar-refractivity contribution in [3.8, 4) is 0 Å². The van der Waals surface area contributed by atoms with Crippen LogP contribution in [-0.4, -0.2) is 16.1 Å². The maximum Gasteiger partial charge on any atom is 0.0777 e. The fraction of sp³-hybridized carbons (Fsp3) is 1.00. The Morgan fingerprint density at radius 3 is 2.57 bits per heavy atom. The molecule has 0 aliphatic heterocycles. The minimum absolute atomic E-state index is 0.253. The number of hydrogen-bond acceptors (Lipinski definition) is 1. The van der Waals surface area contributed by atoms with Gasteiger partial charge in [-0.2, -0.15) is 0 Å². The van der Waals surface area contributed by atoms with Gasteiger partial charge in [-0.1, -0.05) is 42.4 Å². The molecule has 2 aliphatic carbocycles. The predicted octanol–water partition coefficient (Wildman–Crippen LogP) is 3.94. The topological polar surface area (TPSA) is 9.23 Å². The van der Waals surface area contributed by atoms with E-state index in [4.69, 9.17) is 4.74 Å². The summed E-state index contributed by atoms with van der Waals surface area (Å²) >= 11 is 2.52. The zero-order chi connectivity index (χ0) is 10.0. The standard InChI is InChI=1S/C12H21IO/c1-10-4-3-7-12(8-10,9-13)14-11-5-2-6-11/h10-11H,2-9H2,1H3. The third-order valence-corrected chi connectivity index (χ3v) is 5.15. The summed E-state index contributed by atoms with van der Waals surface area (Å²) in [4.78, 5) is 0. The SMILES string of the molecule is CC1CCCC(CI)(OC2CCC2)C1. The maximum atomic E-state index is 6.33. The average molecular weight is 308 g/mol. The molecule has 0 aromatic carbocycles. The van der Waals surface area contributed by atoms with Crippen LogP contribution in [-0.2, 0) is 4.74 Å². The minimum Gasteiger partial charge on any atom is -0.371 e. The summed E-state index contributed by atoms with van der Waals surface area (Å²) < 4.78 is 7.51. The fourth-order valence-corrected chi connectivity index (χ4v) is 3.59. The predicted molar refractivity (Wildman–Crippen MR) is 68.0 cm³/mol. The molecule has 14 heavy (non-hydrogen) atoms. The van der Waals surface area contributed by atoms with Gasteiger partial charge < -0.3 is 4.74 Å². The molecule has 0 spiro atoms. The summed E-state index contributed by atoms with van der Waals surface area (Å²) in [5.74, 6) is 0.874. The lowest BCUT2D eigenvalue weighted by Crippen LogP contribution is -2.44. The van der Waals surface area contributed by atoms with Crippen LogP contribution in [0, 0.1) is 5.92 Å². The smallest absolute Gasteiger partial charge is 0.0777 e. The Labute approximate surface area is 101 Å². The molecule has 0 radical (unpaired) electrons. The molecule has 2 unspecified atom stereocenters. The summed E-state index contributed by atoms with van der Waals surface area (Å²) in [7, 11) is 0. The van der Waals surface area contributed by atoms with Gasteiger partial charge in [-0.3, -0.25) is 0 Å². The summed E-state index contributed by atoms with van der Waals surface area (Å²) in [6.45, 7) is 2.38. The maximum absolute atomic E-state index is 6.33. The van der Waals surface area contributed by atoms with Gasteiger partial charge in [0, 0.05) is 4.43 Å². The molecule has 0 bridgehead atoms. The van der Waals surface area contributed by atoms with Gasteiger partial charge in [0.15, 0.2) is 0 Å². The Balaban J connectivity index is 1.92. The zero-order valence-electron chi connectivity index (χ0n) is 9.10. The van der Waals surface area contributed by atoms with Gasteiger partial charge in [-0.25, -0.2) is 0 Å². The monoisotopic (exact) mass is 308 g/mol. The first-order valence-corrected chi connectivity index (χ1v) is 7.50. The van der Waals surface area contributed by atoms with E-state index in [2.05, 4.69) is 29.5 Å². The molecule has 0 amide bonds. The lowest BCUT2D eigenvalue weighted by Gasteiger charge is -2.43. The number of rotatable bonds is 3. The molecule has 2 saturated carbocycles. The van der Waals surface area contributed by atoms with Crippen molar-refractivity contribution in [3.05, 3.63) is 0 Å². The van der Waals surface area contributed by atoms with E-state index in [0.29, 0.717) is 6.10 Å². The van der Waals surface area contributed by atoms with Crippen LogP contribution in [0.3, 0.4) is 0 Å². The Morgan fingerprint density at radius 2 is 2.07 bits per heavy atom. The fourth-order valence-electron chi connectivity index (χ4n) is 2.71. The number of alkyl halides is 1. The van der Waals surface area contributed by atoms with Crippen molar-refractivity contribution in [1.82, 2.24) is 0 Å². The van der Waals surface area contributed by atoms with Gasteiger partial charge in [0.25, 0.3) is 0 Å². The van der Waals surface area contributed by atoms with Crippen molar-refractivity contribution in [2.24, 2.45) is 5.92 Å². The van der Waals surface area contributed by atoms with E-state index in [9.17, 15) is 0 Å². The molecule has 2 aliphatic rings. The van der Waals surface area contributed by atoms with Gasteiger partial charge >= 0.3 is 0 Å². The summed E-state index contributed by atoms with van der Waals surface area (Å²) in [6.07, 6.45) is 10.00. The summed E-state index contributed by atoms with van der Waals surface area (Å²) in [5, 5.41) is 0. The van der Waals surface area contributed by atoms with Crippen LogP contribution in [0.15, 0.2) is 0 Å². The van der Waals surface area contributed by atoms with Crippen LogP contribution < -0.4 is 0 Å². The molecule has 0 saturated heterocycles. The van der Waals surface area contributed by atoms with Crippen molar-refractivity contribution < 1.29 is 4.74 Å². The van der Waals surface area contributed by atoms with Gasteiger partial charge in [-0.15, -0.1) is 0 Å². The van der Waals surface area contributed by atoms with Gasteiger partial charge in [-0.05, 0) is 38.0 Å². The molecule has 0 aromatic rings. The van der Waals surface area contributed by atoms with Gasteiger partial charge in [0.2, 0.25) is 0 Å². The highest BCUT2D eigenvalue weighted by Gasteiger charge is 2.38. The van der Waals surface area contributed by atoms with Crippen LogP contribution in [0.25, 0.3) is 0 Å². The molecule has 82 valence electrons. The van der Waals surface area contributed by atoms with Crippen molar-refractivity contribution in [2.45, 2.75) is 63.6 Å². The van der Waals surface area contributed by atoms with Gasteiger partial charge in [0.1, 0.15) is 0 Å². The Bertz CT molecular complexity index is 191. The quantitative estimate of drug-likeness (QED) is 0.567. The first-order valence-electron chi connectivity index (χ1n) is 5.98. The van der Waals surface area contributed by atoms with E-state index in [1.807, 2.05) is 0 Å². The van der Waals surface area contributed by atoms with Crippen molar-refractivity contribution in [3.63, 3.8) is 0 Å². The summed E-state index contributed by atoms with van der Waals surface area (Å²) in [5.41, 5.74) is 0.253. The Kier molecular flexibility index (Phi) is 3.74. The highest BCUT2D eigenvalue weighted by atomic mass is 127. The van der Waals surface area contributed by atoms with Crippen LogP contribution >= 0.6 is 22.6 Å². The first kappa shape index (κ1) is 11.2. The molecule has 2 fully saturated rings. The first-order chi connectivity index (χ1) is 6.74. The third kappa shape index (κ3) is 2.43. The molecule has 2 atom stereocenters. The lowest BCUT2D eigenvalue weighted by atomic mass is 9.79. The van der Waals surface area contributed by atoms with E-state index in [-0.39, 0.29) is 5.60 Å². The lowest BCUT2D eigenvalue weighted by molar-refractivity contribution is -0.130. The second-order valence-electron chi connectivity index (χ2n) is 5.19. The largest absolute Gasteiger partial charge is 0.371 e. The Morgan fingerprint density at radius 1 is 1.29 bits per heavy atom. The van der Waals surface area contributed by atoms with Crippen molar-refractivity contribution >= 4 is 22.6 Å². The average Bonchev–Trinajstić information content (AvgIpc) is 2.12. The van der Waals surface area contributed by atoms with Crippen LogP contribution in [0.2, 0.25) is 0 Å². The van der Waals surface area contributed by atoms with Gasteiger partial charge in [0.05, 0.1) is 11.7 Å². The molecule has 2 heteroatoms. The van der Waals surface area contributed by atoms with Crippen LogP contribution in [0.5, 0.6) is 0 Å². The van der Waals surface area contributed by atoms with E-state index in [0.717, 1.165) is 5.92 Å². The second kappa shape index (κ2) is 4.69. The van der Waals surface area contributed by atoms with Crippen molar-refractivity contribution in [1.29, 1.82) is 0 Å². The van der Waals surface area contributed by atoms with E-state index < -0.39 is 0 Å². The third-order valence-electron chi connectivity index (χ3n) is 3.76. The molecule has 0 aromatic heterocycles. The normalized spacial score (nSPS) is 39.4. The summed E-state index contributed by atoms with van der Waals surface area (Å²) in [6, 6.07) is 0. The number of halogens is 1. The van der Waals surface area contributed by atoms with E-state index >= 15 is 0 Å². The number of hydrogen-bond donors (Lipinski definition) is 0. The number of ether oxygens (including phenoxy) is 1. The zero-order valence-corrected chi connectivity index (χ0v) is 11.3. The highest BCUT2D eigenvalue weighted by Crippen LogP contribution is 2.40. The second-order valence-corrected chi connectivity index (χ2v) is 5.95. The Hall–Kier alpha value is 0.690. The highest BCUT2D eigenvalue weighted by molar-refractivity contribution is 14.1. The molecule has 2 rings (SSSR count). The molecule has 1 nitrogen and oxygen atoms in total. The van der Waals surface area contributed by atoms with Crippen LogP contribution in [0.4, 0.5) is 0 Å². The van der Waals surface area contributed by atoms with Crippen LogP contribution in [0.1, 0.15) is 51.9 Å². The van der Waals surface area contributed by atoms with Crippen molar-refractivity contribution in [2.75, 3.05) is 4.43 Å². The molecular weight excluding hydrogens is 287 g/mol. The van der Waals surface area contributed by atoms with E-state index in [1.165, 1.54) is 49.4 Å². The molecule has 0 heterocycles. The molecule has 0 N–H and O–H groups in total. The minimum atomic E-state index is 0.253. The molecular formula is C12H21IO. The van der Waals surface area contributed by atoms with E-state index in [1.54, 1.807) is 0 Å².